The van der Waals surface area contributed by atoms with Crippen molar-refractivity contribution < 1.29 is 10.2 Å². The maximum atomic E-state index is 9.57. The fourth-order valence-corrected chi connectivity index (χ4v) is 3.17. The molecule has 0 saturated heterocycles. The first kappa shape index (κ1) is 11.7. The number of phenolic OH excluding ortho intramolecular Hbond substituents is 2. The van der Waals surface area contributed by atoms with Gasteiger partial charge in [0.05, 0.1) is 0 Å². The lowest BCUT2D eigenvalue weighted by atomic mass is 9.85. The van der Waals surface area contributed by atoms with Crippen LogP contribution in [0.2, 0.25) is 0 Å². The maximum absolute atomic E-state index is 9.57. The van der Waals surface area contributed by atoms with Crippen molar-refractivity contribution in [3.63, 3.8) is 0 Å². The van der Waals surface area contributed by atoms with Crippen molar-refractivity contribution in [2.45, 2.75) is 25.2 Å². The quantitative estimate of drug-likeness (QED) is 0.708. The summed E-state index contributed by atoms with van der Waals surface area (Å²) in [7, 11) is 0. The van der Waals surface area contributed by atoms with Gasteiger partial charge in [0.2, 0.25) is 4.96 Å². The van der Waals surface area contributed by atoms with Gasteiger partial charge in [-0.1, -0.05) is 17.8 Å². The lowest BCUT2D eigenvalue weighted by molar-refractivity contribution is 0.395. The molecule has 0 amide bonds. The molecule has 0 radical (unpaired) electrons. The summed E-state index contributed by atoms with van der Waals surface area (Å²) in [6.45, 7) is 0. The first-order valence-electron chi connectivity index (χ1n) is 6.47. The second kappa shape index (κ2) is 4.17. The van der Waals surface area contributed by atoms with Gasteiger partial charge in [0, 0.05) is 11.5 Å². The third-order valence-corrected chi connectivity index (χ3v) is 4.66. The topological polar surface area (TPSA) is 83.5 Å². The van der Waals surface area contributed by atoms with Crippen LogP contribution in [0.25, 0.3) is 15.5 Å². The van der Waals surface area contributed by atoms with Gasteiger partial charge in [-0.15, -0.1) is 10.2 Å². The molecule has 7 heteroatoms. The number of benzene rings is 1. The minimum absolute atomic E-state index is 0.132. The molecule has 0 unspecified atom stereocenters. The Bertz CT molecular complexity index is 791. The zero-order valence-electron chi connectivity index (χ0n) is 10.5. The maximum Gasteiger partial charge on any atom is 0.234 e. The Morgan fingerprint density at radius 1 is 1.15 bits per heavy atom. The lowest BCUT2D eigenvalue weighted by Crippen LogP contribution is -2.12. The Balaban J connectivity index is 1.80. The zero-order chi connectivity index (χ0) is 13.7. The molecule has 0 bridgehead atoms. The largest absolute Gasteiger partial charge is 0.504 e. The molecule has 20 heavy (non-hydrogen) atoms. The van der Waals surface area contributed by atoms with Gasteiger partial charge >= 0.3 is 0 Å². The molecule has 1 saturated carbocycles. The molecule has 1 aromatic carbocycles. The zero-order valence-corrected chi connectivity index (χ0v) is 11.3. The molecule has 3 aromatic rings. The van der Waals surface area contributed by atoms with Gasteiger partial charge in [0.15, 0.2) is 17.3 Å². The Kier molecular flexibility index (Phi) is 2.43. The number of aromatic nitrogens is 4. The second-order valence-corrected chi connectivity index (χ2v) is 5.95. The van der Waals surface area contributed by atoms with E-state index >= 15 is 0 Å². The highest BCUT2D eigenvalue weighted by Gasteiger charge is 2.26. The molecule has 4 rings (SSSR count). The molecular formula is C13H12N4O2S. The van der Waals surface area contributed by atoms with Gasteiger partial charge < -0.3 is 10.2 Å². The normalized spacial score (nSPS) is 15.6. The molecule has 1 aliphatic rings. The van der Waals surface area contributed by atoms with Crippen molar-refractivity contribution in [1.82, 2.24) is 19.8 Å². The number of phenols is 2. The minimum atomic E-state index is -0.146. The Morgan fingerprint density at radius 2 is 2.00 bits per heavy atom. The Labute approximate surface area is 118 Å². The second-order valence-electron chi connectivity index (χ2n) is 4.99. The van der Waals surface area contributed by atoms with Gasteiger partial charge in [0.1, 0.15) is 5.01 Å². The van der Waals surface area contributed by atoms with Crippen molar-refractivity contribution >= 4 is 16.3 Å². The highest BCUT2D eigenvalue weighted by Crippen LogP contribution is 2.37. The summed E-state index contributed by atoms with van der Waals surface area (Å²) in [4.78, 5) is 0.759. The number of hydrogen-bond acceptors (Lipinski definition) is 6. The highest BCUT2D eigenvalue weighted by molar-refractivity contribution is 7.19. The van der Waals surface area contributed by atoms with Gasteiger partial charge in [-0.05, 0) is 31.0 Å². The van der Waals surface area contributed by atoms with E-state index in [0.29, 0.717) is 5.92 Å². The van der Waals surface area contributed by atoms with Crippen molar-refractivity contribution in [1.29, 1.82) is 0 Å². The number of hydrogen-bond donors (Lipinski definition) is 2. The van der Waals surface area contributed by atoms with Crippen molar-refractivity contribution in [3.8, 4) is 22.1 Å². The third-order valence-electron chi connectivity index (χ3n) is 3.71. The molecule has 1 aliphatic carbocycles. The average molecular weight is 288 g/mol. The molecule has 1 fully saturated rings. The number of nitrogens with zero attached hydrogens (tertiary/aromatic N) is 4. The number of fused-ring (bicyclic) bond motifs is 1. The minimum Gasteiger partial charge on any atom is -0.504 e. The molecule has 6 nitrogen and oxygen atoms in total. The van der Waals surface area contributed by atoms with Crippen LogP contribution >= 0.6 is 11.3 Å². The summed E-state index contributed by atoms with van der Waals surface area (Å²) >= 11 is 1.42. The molecule has 102 valence electrons. The highest BCUT2D eigenvalue weighted by atomic mass is 32.1. The summed E-state index contributed by atoms with van der Waals surface area (Å²) in [6.07, 6.45) is 3.53. The summed E-state index contributed by atoms with van der Waals surface area (Å²) in [5, 5.41) is 32.6. The lowest BCUT2D eigenvalue weighted by Gasteiger charge is -2.22. The molecule has 2 aromatic heterocycles. The number of aromatic hydroxyl groups is 2. The van der Waals surface area contributed by atoms with Crippen LogP contribution in [0.15, 0.2) is 18.2 Å². The average Bonchev–Trinajstić information content (AvgIpc) is 2.93. The summed E-state index contributed by atoms with van der Waals surface area (Å²) in [5.41, 5.74) is 0.760. The van der Waals surface area contributed by atoms with E-state index in [1.807, 2.05) is 0 Å². The molecule has 0 spiro atoms. The van der Waals surface area contributed by atoms with E-state index in [4.69, 9.17) is 0 Å². The van der Waals surface area contributed by atoms with Gasteiger partial charge in [0.25, 0.3) is 0 Å². The van der Waals surface area contributed by atoms with Crippen LogP contribution in [0.5, 0.6) is 11.5 Å². The van der Waals surface area contributed by atoms with Crippen molar-refractivity contribution in [2.75, 3.05) is 0 Å². The molecule has 2 heterocycles. The SMILES string of the molecule is Oc1ccc(-c2nn3c(C4CCC4)nnc3s2)cc1O. The predicted octanol–water partition coefficient (Wildman–Crippen LogP) is 2.53. The first-order valence-corrected chi connectivity index (χ1v) is 7.28. The molecule has 0 atom stereocenters. The predicted molar refractivity (Wildman–Crippen MR) is 74.0 cm³/mol. The first-order chi connectivity index (χ1) is 9.72. The summed E-state index contributed by atoms with van der Waals surface area (Å²) in [6, 6.07) is 4.69. The Hall–Kier alpha value is -2.15. The van der Waals surface area contributed by atoms with Gasteiger partial charge in [-0.2, -0.15) is 9.61 Å². The third kappa shape index (κ3) is 1.66. The van der Waals surface area contributed by atoms with E-state index in [1.165, 1.54) is 29.9 Å². The van der Waals surface area contributed by atoms with Crippen molar-refractivity contribution in [2.24, 2.45) is 0 Å². The van der Waals surface area contributed by atoms with E-state index in [1.54, 1.807) is 10.6 Å². The van der Waals surface area contributed by atoms with E-state index in [9.17, 15) is 10.2 Å². The van der Waals surface area contributed by atoms with Crippen molar-refractivity contribution in [3.05, 3.63) is 24.0 Å². The van der Waals surface area contributed by atoms with E-state index in [-0.39, 0.29) is 11.5 Å². The van der Waals surface area contributed by atoms with E-state index < -0.39 is 0 Å². The van der Waals surface area contributed by atoms with Crippen LogP contribution in [0.4, 0.5) is 0 Å². The Morgan fingerprint density at radius 3 is 2.70 bits per heavy atom. The van der Waals surface area contributed by atoms with E-state index in [0.717, 1.165) is 34.2 Å². The van der Waals surface area contributed by atoms with Crippen LogP contribution in [-0.2, 0) is 0 Å². The number of rotatable bonds is 2. The fourth-order valence-electron chi connectivity index (χ4n) is 2.33. The fraction of sp³-hybridized carbons (Fsp3) is 0.308. The van der Waals surface area contributed by atoms with Crippen LogP contribution in [-0.4, -0.2) is 30.0 Å². The van der Waals surface area contributed by atoms with Crippen LogP contribution in [0.1, 0.15) is 31.0 Å². The van der Waals surface area contributed by atoms with E-state index in [2.05, 4.69) is 15.3 Å². The van der Waals surface area contributed by atoms with Crippen LogP contribution in [0.3, 0.4) is 0 Å². The summed E-state index contributed by atoms with van der Waals surface area (Å²) < 4.78 is 1.80. The van der Waals surface area contributed by atoms with Gasteiger partial charge in [-0.25, -0.2) is 0 Å². The smallest absolute Gasteiger partial charge is 0.234 e. The van der Waals surface area contributed by atoms with Crippen LogP contribution in [0, 0.1) is 0 Å². The summed E-state index contributed by atoms with van der Waals surface area (Å²) in [5.74, 6) is 1.12. The molecular weight excluding hydrogens is 276 g/mol. The van der Waals surface area contributed by atoms with Crippen LogP contribution < -0.4 is 0 Å². The monoisotopic (exact) mass is 288 g/mol. The standard InChI is InChI=1S/C13H12N4O2S/c18-9-5-4-8(6-10(9)19)12-16-17-11(7-2-1-3-7)14-15-13(17)20-12/h4-7,18-19H,1-3H2. The molecule has 0 aliphatic heterocycles. The van der Waals surface area contributed by atoms with Gasteiger partial charge in [-0.3, -0.25) is 0 Å². The molecule has 2 N–H and O–H groups in total.